The maximum Gasteiger partial charge on any atom is 0.410 e. The van der Waals surface area contributed by atoms with Crippen LogP contribution < -0.4 is 10.5 Å². The lowest BCUT2D eigenvalue weighted by atomic mass is 9.94. The molecular weight excluding hydrogens is 484 g/mol. The van der Waals surface area contributed by atoms with Crippen LogP contribution in [0.1, 0.15) is 57.9 Å². The second-order valence-corrected chi connectivity index (χ2v) is 10.8. The number of hydrogen-bond acceptors (Lipinski definition) is 6. The molecule has 4 rings (SSSR count). The van der Waals surface area contributed by atoms with E-state index in [1.807, 2.05) is 38.1 Å². The molecule has 0 aromatic heterocycles. The van der Waals surface area contributed by atoms with Gasteiger partial charge in [-0.3, -0.25) is 4.79 Å². The SMILES string of the molecule is CC(C)OC(=O)N1CCC(O[C@H]2CC[C@H](Oc3ccc(C[C@@H](N)C(=O)N4CC(F)(F)C4)cc3)CC2)CC1. The Morgan fingerprint density at radius 3 is 2.08 bits per heavy atom. The van der Waals surface area contributed by atoms with Crippen LogP contribution in [-0.4, -0.2) is 84.4 Å². The molecule has 1 aromatic rings. The summed E-state index contributed by atoms with van der Waals surface area (Å²) in [4.78, 5) is 27.1. The van der Waals surface area contributed by atoms with Crippen molar-refractivity contribution in [2.45, 2.75) is 95.2 Å². The lowest BCUT2D eigenvalue weighted by molar-refractivity contribution is -0.166. The van der Waals surface area contributed by atoms with Gasteiger partial charge in [-0.25, -0.2) is 13.6 Å². The Kier molecular flexibility index (Phi) is 8.90. The van der Waals surface area contributed by atoms with Crippen LogP contribution >= 0.6 is 0 Å². The number of piperidine rings is 1. The van der Waals surface area contributed by atoms with Crippen molar-refractivity contribution in [2.75, 3.05) is 26.2 Å². The van der Waals surface area contributed by atoms with Gasteiger partial charge in [-0.1, -0.05) is 12.1 Å². The molecule has 1 aliphatic carbocycles. The summed E-state index contributed by atoms with van der Waals surface area (Å²) >= 11 is 0. The van der Waals surface area contributed by atoms with Crippen molar-refractivity contribution in [3.8, 4) is 5.75 Å². The number of rotatable bonds is 8. The lowest BCUT2D eigenvalue weighted by Crippen LogP contribution is -2.62. The van der Waals surface area contributed by atoms with E-state index < -0.39 is 31.0 Å². The lowest BCUT2D eigenvalue weighted by Gasteiger charge is -2.39. The van der Waals surface area contributed by atoms with Gasteiger partial charge >= 0.3 is 6.09 Å². The van der Waals surface area contributed by atoms with Gasteiger partial charge in [-0.15, -0.1) is 0 Å². The molecule has 2 heterocycles. The fourth-order valence-electron chi connectivity index (χ4n) is 5.15. The van der Waals surface area contributed by atoms with Crippen LogP contribution in [-0.2, 0) is 20.7 Å². The van der Waals surface area contributed by atoms with E-state index in [0.717, 1.165) is 54.7 Å². The molecule has 0 spiro atoms. The van der Waals surface area contributed by atoms with Gasteiger partial charge in [0.05, 0.1) is 43.5 Å². The molecule has 8 nitrogen and oxygen atoms in total. The van der Waals surface area contributed by atoms with Crippen molar-refractivity contribution in [3.63, 3.8) is 0 Å². The third-order valence-corrected chi connectivity index (χ3v) is 7.20. The van der Waals surface area contributed by atoms with Crippen LogP contribution in [0.15, 0.2) is 24.3 Å². The first-order valence-electron chi connectivity index (χ1n) is 13.4. The molecule has 10 heteroatoms. The monoisotopic (exact) mass is 523 g/mol. The number of benzene rings is 1. The standard InChI is InChI=1S/C27H39F2N3O5/c1-18(2)35-26(34)31-13-11-23(12-14-31)37-22-9-7-21(8-10-22)36-20-5-3-19(4-6-20)15-24(30)25(33)32-16-27(28,29)17-32/h3-6,18,21-24H,7-17,30H2,1-2H3/t21-,22-,24-/m1/s1. The zero-order valence-electron chi connectivity index (χ0n) is 21.7. The Bertz CT molecular complexity index is 905. The van der Waals surface area contributed by atoms with E-state index in [1.54, 1.807) is 4.90 Å². The van der Waals surface area contributed by atoms with Crippen molar-refractivity contribution >= 4 is 12.0 Å². The fourth-order valence-corrected chi connectivity index (χ4v) is 5.15. The Balaban J connectivity index is 1.13. The highest BCUT2D eigenvalue weighted by Gasteiger charge is 2.47. The number of hydrogen-bond donors (Lipinski definition) is 1. The highest BCUT2D eigenvalue weighted by molar-refractivity contribution is 5.83. The van der Waals surface area contributed by atoms with Crippen LogP contribution in [0.5, 0.6) is 5.75 Å². The summed E-state index contributed by atoms with van der Waals surface area (Å²) in [6.45, 7) is 3.94. The fraction of sp³-hybridized carbons (Fsp3) is 0.704. The quantitative estimate of drug-likeness (QED) is 0.558. The zero-order chi connectivity index (χ0) is 26.6. The Morgan fingerprint density at radius 1 is 0.946 bits per heavy atom. The van der Waals surface area contributed by atoms with E-state index in [2.05, 4.69) is 0 Å². The molecule has 0 radical (unpaired) electrons. The highest BCUT2D eigenvalue weighted by atomic mass is 19.3. The molecule has 1 aromatic carbocycles. The van der Waals surface area contributed by atoms with Gasteiger partial charge in [0.2, 0.25) is 5.91 Å². The molecule has 2 aliphatic heterocycles. The van der Waals surface area contributed by atoms with Crippen molar-refractivity contribution in [3.05, 3.63) is 29.8 Å². The summed E-state index contributed by atoms with van der Waals surface area (Å²) in [7, 11) is 0. The van der Waals surface area contributed by atoms with Crippen molar-refractivity contribution in [2.24, 2.45) is 5.73 Å². The van der Waals surface area contributed by atoms with Crippen LogP contribution in [0.4, 0.5) is 13.6 Å². The number of nitrogens with two attached hydrogens (primary N) is 1. The van der Waals surface area contributed by atoms with Crippen LogP contribution in [0.3, 0.4) is 0 Å². The molecule has 1 saturated carbocycles. The molecule has 3 fully saturated rings. The summed E-state index contributed by atoms with van der Waals surface area (Å²) in [5, 5.41) is 0. The molecule has 0 bridgehead atoms. The summed E-state index contributed by atoms with van der Waals surface area (Å²) < 4.78 is 43.8. The van der Waals surface area contributed by atoms with E-state index in [4.69, 9.17) is 19.9 Å². The largest absolute Gasteiger partial charge is 0.490 e. The van der Waals surface area contributed by atoms with Crippen molar-refractivity contribution in [1.82, 2.24) is 9.80 Å². The predicted molar refractivity (Wildman–Crippen MR) is 134 cm³/mol. The Labute approximate surface area is 217 Å². The summed E-state index contributed by atoms with van der Waals surface area (Å²) in [5.41, 5.74) is 6.81. The van der Waals surface area contributed by atoms with Crippen molar-refractivity contribution < 1.29 is 32.6 Å². The maximum atomic E-state index is 13.0. The van der Waals surface area contributed by atoms with Crippen molar-refractivity contribution in [1.29, 1.82) is 0 Å². The molecule has 206 valence electrons. The number of nitrogens with zero attached hydrogens (tertiary/aromatic N) is 2. The number of likely N-dealkylation sites (tertiary alicyclic amines) is 2. The molecule has 3 aliphatic rings. The second-order valence-electron chi connectivity index (χ2n) is 10.8. The van der Waals surface area contributed by atoms with E-state index in [9.17, 15) is 18.4 Å². The average Bonchev–Trinajstić information content (AvgIpc) is 2.84. The van der Waals surface area contributed by atoms with Crippen LogP contribution in [0, 0.1) is 0 Å². The van der Waals surface area contributed by atoms with Gasteiger partial charge in [0.25, 0.3) is 5.92 Å². The number of carbonyl (C=O) groups excluding carboxylic acids is 2. The van der Waals surface area contributed by atoms with E-state index in [-0.39, 0.29) is 30.5 Å². The third-order valence-electron chi connectivity index (χ3n) is 7.20. The highest BCUT2D eigenvalue weighted by Crippen LogP contribution is 2.29. The van der Waals surface area contributed by atoms with Gasteiger partial charge in [-0.2, -0.15) is 0 Å². The average molecular weight is 524 g/mol. The zero-order valence-corrected chi connectivity index (χ0v) is 21.7. The van der Waals surface area contributed by atoms with Crippen LogP contribution in [0.25, 0.3) is 0 Å². The number of halogens is 2. The summed E-state index contributed by atoms with van der Waals surface area (Å²) in [6.07, 6.45) is 5.80. The number of carbonyl (C=O) groups is 2. The minimum Gasteiger partial charge on any atom is -0.490 e. The minimum atomic E-state index is -2.79. The number of alkyl halides is 2. The van der Waals surface area contributed by atoms with Gasteiger partial charge < -0.3 is 29.7 Å². The predicted octanol–water partition coefficient (Wildman–Crippen LogP) is 3.75. The first-order valence-corrected chi connectivity index (χ1v) is 13.4. The molecule has 0 unspecified atom stereocenters. The Morgan fingerprint density at radius 2 is 1.51 bits per heavy atom. The molecule has 2 amide bonds. The van der Waals surface area contributed by atoms with E-state index in [1.165, 1.54) is 0 Å². The topological polar surface area (TPSA) is 94.3 Å². The molecule has 37 heavy (non-hydrogen) atoms. The van der Waals surface area contributed by atoms with Gasteiger partial charge in [0, 0.05) is 13.1 Å². The van der Waals surface area contributed by atoms with E-state index in [0.29, 0.717) is 19.5 Å². The second kappa shape index (κ2) is 11.9. The number of ether oxygens (including phenoxy) is 3. The van der Waals surface area contributed by atoms with Gasteiger partial charge in [0.15, 0.2) is 0 Å². The molecule has 2 saturated heterocycles. The summed E-state index contributed by atoms with van der Waals surface area (Å²) in [5.74, 6) is -2.47. The molecule has 2 N–H and O–H groups in total. The smallest absolute Gasteiger partial charge is 0.410 e. The first kappa shape index (κ1) is 27.6. The minimum absolute atomic E-state index is 0.110. The van der Waals surface area contributed by atoms with E-state index >= 15 is 0 Å². The maximum absolute atomic E-state index is 13.0. The Hall–Kier alpha value is -2.46. The van der Waals surface area contributed by atoms with Gasteiger partial charge in [0.1, 0.15) is 5.75 Å². The molecular formula is C27H39F2N3O5. The number of amides is 2. The third kappa shape index (κ3) is 7.77. The van der Waals surface area contributed by atoms with Crippen LogP contribution in [0.2, 0.25) is 0 Å². The van der Waals surface area contributed by atoms with Gasteiger partial charge in [-0.05, 0) is 76.5 Å². The molecule has 1 atom stereocenters. The first-order chi connectivity index (χ1) is 17.6. The normalized spacial score (nSPS) is 24.9. The summed E-state index contributed by atoms with van der Waals surface area (Å²) in [6, 6.07) is 6.63.